The summed E-state index contributed by atoms with van der Waals surface area (Å²) in [4.78, 5) is 74.7. The quantitative estimate of drug-likeness (QED) is 0.0279. The smallest absolute Gasteiger partial charge is 0.306 e. The standard InChI is InChI=1S/C39H57Cl3N4O14S/c1-7-9-22-18-26(45(5)19-22)36(53)44-30(21(2)40)34-32(51)33(52)35(39(4,60-34)61-6)59-29(49)10-8-17-57-27(47)15-16-28(48)58-20-25(43-37(54)38(3,41)42)31(50)23-11-13-24(14-12-23)46(55)56/h11-14,21-22,25-26,30-35,50-52H,7-10,15-20H2,1-6H3,(H,43,54)(H,44,53)/t21?,22?,25?,26?,30?,31?,32-,33+,34-,35-,39-/m1/s1. The monoisotopic (exact) mass is 942 g/mol. The zero-order chi connectivity index (χ0) is 45.8. The highest BCUT2D eigenvalue weighted by atomic mass is 35.5. The molecule has 0 bridgehead atoms. The Kier molecular flexibility index (Phi) is 20.3. The van der Waals surface area contributed by atoms with E-state index in [2.05, 4.69) is 17.6 Å². The van der Waals surface area contributed by atoms with Crippen molar-refractivity contribution in [2.24, 2.45) is 5.92 Å². The first-order valence-electron chi connectivity index (χ1n) is 19.9. The first-order chi connectivity index (χ1) is 28.5. The minimum Gasteiger partial charge on any atom is -0.466 e. The van der Waals surface area contributed by atoms with Crippen molar-refractivity contribution in [3.63, 3.8) is 0 Å². The zero-order valence-corrected chi connectivity index (χ0v) is 38.0. The summed E-state index contributed by atoms with van der Waals surface area (Å²) in [6.07, 6.45) is -3.93. The van der Waals surface area contributed by atoms with Crippen molar-refractivity contribution in [3.8, 4) is 0 Å². The van der Waals surface area contributed by atoms with Crippen LogP contribution in [0.1, 0.15) is 84.3 Å². The van der Waals surface area contributed by atoms with E-state index in [9.17, 15) is 49.4 Å². The van der Waals surface area contributed by atoms with Crippen LogP contribution in [0.5, 0.6) is 0 Å². The Hall–Kier alpha value is -3.01. The number of hydrogen-bond donors (Lipinski definition) is 5. The fourth-order valence-corrected chi connectivity index (χ4v) is 8.07. The number of carbonyl (C=O) groups excluding carboxylic acids is 5. The number of carbonyl (C=O) groups is 5. The molecular weight excluding hydrogens is 887 g/mol. The van der Waals surface area contributed by atoms with E-state index in [0.717, 1.165) is 43.3 Å². The number of nitro groups is 1. The average Bonchev–Trinajstić information content (AvgIpc) is 3.58. The normalized spacial score (nSPS) is 26.3. The summed E-state index contributed by atoms with van der Waals surface area (Å²) < 4.78 is 20.3. The molecule has 0 saturated carbocycles. The van der Waals surface area contributed by atoms with Crippen molar-refractivity contribution in [1.82, 2.24) is 15.5 Å². The maximum Gasteiger partial charge on any atom is 0.306 e. The number of likely N-dealkylation sites (tertiary alicyclic amines) is 1. The lowest BCUT2D eigenvalue weighted by Gasteiger charge is -2.50. The molecule has 2 saturated heterocycles. The number of ether oxygens (including phenoxy) is 4. The number of thioether (sulfide) groups is 1. The van der Waals surface area contributed by atoms with E-state index >= 15 is 0 Å². The molecule has 22 heteroatoms. The van der Waals surface area contributed by atoms with Gasteiger partial charge in [0.25, 0.3) is 11.6 Å². The molecule has 2 amide bonds. The van der Waals surface area contributed by atoms with Gasteiger partial charge in [-0.2, -0.15) is 0 Å². The Morgan fingerprint density at radius 3 is 2.25 bits per heavy atom. The largest absolute Gasteiger partial charge is 0.466 e. The Labute approximate surface area is 374 Å². The molecule has 0 aliphatic carbocycles. The SMILES string of the molecule is CCCC1CC(C(=O)NC(C(C)Cl)[C@H]2O[C@](C)(SC)[C@H](OC(=O)CCCOC(=O)CCC(=O)OCC(NC(=O)C(C)(Cl)Cl)C(O)c3ccc([N+](=O)[O-])cc3)[C@@H](O)[C@H]2O)N(C)C1. The van der Waals surface area contributed by atoms with Crippen molar-refractivity contribution >= 4 is 82.0 Å². The van der Waals surface area contributed by atoms with Gasteiger partial charge in [0.15, 0.2) is 15.4 Å². The highest BCUT2D eigenvalue weighted by molar-refractivity contribution is 7.99. The second-order valence-corrected chi connectivity index (χ2v) is 19.1. The second kappa shape index (κ2) is 23.6. The molecule has 0 aromatic heterocycles. The summed E-state index contributed by atoms with van der Waals surface area (Å²) in [7, 11) is 1.88. The molecule has 2 aliphatic heterocycles. The van der Waals surface area contributed by atoms with E-state index in [4.69, 9.17) is 53.8 Å². The molecule has 1 aromatic carbocycles. The Morgan fingerprint density at radius 2 is 1.69 bits per heavy atom. The average molecular weight is 944 g/mol. The van der Waals surface area contributed by atoms with Crippen molar-refractivity contribution in [1.29, 1.82) is 0 Å². The zero-order valence-electron chi connectivity index (χ0n) is 34.9. The molecule has 5 N–H and O–H groups in total. The van der Waals surface area contributed by atoms with Gasteiger partial charge < -0.3 is 44.9 Å². The van der Waals surface area contributed by atoms with Gasteiger partial charge in [0.1, 0.15) is 31.0 Å². The predicted octanol–water partition coefficient (Wildman–Crippen LogP) is 3.30. The first-order valence-corrected chi connectivity index (χ1v) is 22.3. The summed E-state index contributed by atoms with van der Waals surface area (Å²) in [5.41, 5.74) is -0.0896. The fourth-order valence-electron chi connectivity index (χ4n) is 7.13. The molecule has 18 nitrogen and oxygen atoms in total. The van der Waals surface area contributed by atoms with Crippen molar-refractivity contribution < 1.29 is 63.2 Å². The third kappa shape index (κ3) is 15.1. The van der Waals surface area contributed by atoms with Crippen LogP contribution in [-0.2, 0) is 42.9 Å². The van der Waals surface area contributed by atoms with Gasteiger partial charge in [-0.15, -0.1) is 23.4 Å². The van der Waals surface area contributed by atoms with Gasteiger partial charge in [-0.3, -0.25) is 39.0 Å². The van der Waals surface area contributed by atoms with Gasteiger partial charge >= 0.3 is 17.9 Å². The first kappa shape index (κ1) is 52.3. The number of non-ortho nitro benzene ring substituents is 1. The minimum absolute atomic E-state index is 0.00835. The number of benzene rings is 1. The third-order valence-corrected chi connectivity index (χ3v) is 12.4. The number of nitrogens with zero attached hydrogens (tertiary/aromatic N) is 2. The van der Waals surface area contributed by atoms with Crippen molar-refractivity contribution in [2.75, 3.05) is 33.1 Å². The molecule has 0 spiro atoms. The Balaban J connectivity index is 1.48. The second-order valence-electron chi connectivity index (χ2n) is 15.5. The molecular formula is C39H57Cl3N4O14S. The molecule has 2 aliphatic rings. The van der Waals surface area contributed by atoms with Crippen LogP contribution in [0, 0.1) is 16.0 Å². The lowest BCUT2D eigenvalue weighted by molar-refractivity contribution is -0.384. The van der Waals surface area contributed by atoms with Crippen LogP contribution in [0.3, 0.4) is 0 Å². The van der Waals surface area contributed by atoms with Gasteiger partial charge in [0, 0.05) is 25.1 Å². The molecule has 2 heterocycles. The Morgan fingerprint density at radius 1 is 1.07 bits per heavy atom. The predicted molar refractivity (Wildman–Crippen MR) is 226 cm³/mol. The van der Waals surface area contributed by atoms with Crippen LogP contribution in [0.15, 0.2) is 24.3 Å². The number of esters is 3. The van der Waals surface area contributed by atoms with E-state index in [1.807, 2.05) is 11.9 Å². The molecule has 61 heavy (non-hydrogen) atoms. The van der Waals surface area contributed by atoms with Crippen LogP contribution in [0.4, 0.5) is 5.69 Å². The number of hydrogen-bond acceptors (Lipinski definition) is 16. The summed E-state index contributed by atoms with van der Waals surface area (Å²) in [6.45, 7) is 6.49. The molecule has 6 unspecified atom stereocenters. The number of aliphatic hydroxyl groups is 3. The third-order valence-electron chi connectivity index (χ3n) is 10.6. The van der Waals surface area contributed by atoms with Crippen LogP contribution < -0.4 is 10.6 Å². The number of nitrogens with one attached hydrogen (secondary N) is 2. The number of aliphatic hydroxyl groups excluding tert-OH is 3. The number of nitro benzene ring substituents is 1. The van der Waals surface area contributed by atoms with Crippen LogP contribution >= 0.6 is 46.6 Å². The van der Waals surface area contributed by atoms with Gasteiger partial charge in [0.05, 0.1) is 47.9 Å². The summed E-state index contributed by atoms with van der Waals surface area (Å²) in [5.74, 6) is -3.26. The number of alkyl halides is 3. The van der Waals surface area contributed by atoms with Crippen LogP contribution in [0.25, 0.3) is 0 Å². The van der Waals surface area contributed by atoms with E-state index < -0.39 is 105 Å². The van der Waals surface area contributed by atoms with E-state index in [1.165, 1.54) is 19.1 Å². The summed E-state index contributed by atoms with van der Waals surface area (Å²) >= 11 is 19.4. The van der Waals surface area contributed by atoms with Gasteiger partial charge in [-0.1, -0.05) is 36.5 Å². The molecule has 3 rings (SSSR count). The summed E-state index contributed by atoms with van der Waals surface area (Å²) in [6, 6.07) is 2.23. The molecule has 11 atom stereocenters. The number of amides is 2. The maximum atomic E-state index is 13.4. The maximum absolute atomic E-state index is 13.4. The van der Waals surface area contributed by atoms with E-state index in [0.29, 0.717) is 12.3 Å². The number of likely N-dealkylation sites (N-methyl/N-ethyl adjacent to an activating group) is 1. The van der Waals surface area contributed by atoms with Gasteiger partial charge in [-0.05, 0) is 77.0 Å². The lowest BCUT2D eigenvalue weighted by Crippen LogP contribution is -2.68. The summed E-state index contributed by atoms with van der Waals surface area (Å²) in [5, 5.41) is 49.0. The molecule has 344 valence electrons. The number of rotatable bonds is 22. The van der Waals surface area contributed by atoms with Crippen molar-refractivity contribution in [3.05, 3.63) is 39.9 Å². The highest BCUT2D eigenvalue weighted by Crippen LogP contribution is 2.41. The van der Waals surface area contributed by atoms with E-state index in [1.54, 1.807) is 20.1 Å². The van der Waals surface area contributed by atoms with Gasteiger partial charge in [0.2, 0.25) is 5.91 Å². The van der Waals surface area contributed by atoms with E-state index in [-0.39, 0.29) is 42.6 Å². The van der Waals surface area contributed by atoms with Gasteiger partial charge in [-0.25, -0.2) is 0 Å². The fraction of sp³-hybridized carbons (Fsp3) is 0.718. The van der Waals surface area contributed by atoms with Crippen LogP contribution in [0.2, 0.25) is 0 Å². The number of halogens is 3. The minimum atomic E-state index is -1.91. The lowest BCUT2D eigenvalue weighted by atomic mass is 9.89. The topological polar surface area (TPSA) is 253 Å². The highest BCUT2D eigenvalue weighted by Gasteiger charge is 2.56. The Bertz CT molecular complexity index is 1670. The van der Waals surface area contributed by atoms with Crippen molar-refractivity contribution in [2.45, 2.75) is 136 Å². The molecule has 0 radical (unpaired) electrons. The molecule has 1 aromatic rings. The molecule has 2 fully saturated rings. The van der Waals surface area contributed by atoms with Crippen LogP contribution in [-0.4, -0.2) is 145 Å².